The number of anilines is 2. The molecule has 1 saturated carbocycles. The second kappa shape index (κ2) is 7.10. The number of aromatic nitrogens is 2. The average molecular weight is 383 g/mol. The van der Waals surface area contributed by atoms with Gasteiger partial charge in [0.05, 0.1) is 24.1 Å². The number of nitrogens with two attached hydrogens (primary N) is 1. The van der Waals surface area contributed by atoms with E-state index in [4.69, 9.17) is 10.2 Å². The van der Waals surface area contributed by atoms with E-state index < -0.39 is 6.03 Å². The van der Waals surface area contributed by atoms with Crippen molar-refractivity contribution in [1.29, 1.82) is 0 Å². The fourth-order valence-electron chi connectivity index (χ4n) is 3.38. The Morgan fingerprint density at radius 3 is 2.64 bits per heavy atom. The summed E-state index contributed by atoms with van der Waals surface area (Å²) < 4.78 is 19.9. The fraction of sp³-hybridized carbons (Fsp3) is 0.350. The highest BCUT2D eigenvalue weighted by Crippen LogP contribution is 2.48. The first-order valence-corrected chi connectivity index (χ1v) is 9.29. The van der Waals surface area contributed by atoms with E-state index in [1.54, 1.807) is 6.07 Å². The van der Waals surface area contributed by atoms with Crippen molar-refractivity contribution in [1.82, 2.24) is 15.3 Å². The van der Waals surface area contributed by atoms with E-state index in [-0.39, 0.29) is 23.7 Å². The monoisotopic (exact) mass is 383 g/mol. The Morgan fingerprint density at radius 1 is 1.29 bits per heavy atom. The number of fused-ring (bicyclic) bond motifs is 1. The van der Waals surface area contributed by atoms with Crippen LogP contribution in [0.4, 0.5) is 20.8 Å². The molecule has 4 N–H and O–H groups in total. The van der Waals surface area contributed by atoms with Gasteiger partial charge in [-0.05, 0) is 42.9 Å². The number of nitrogens with zero attached hydrogens (tertiary/aromatic N) is 2. The zero-order valence-corrected chi connectivity index (χ0v) is 15.7. The zero-order valence-electron chi connectivity index (χ0n) is 15.7. The molecule has 1 atom stereocenters. The largest absolute Gasteiger partial charge is 0.459 e. The summed E-state index contributed by atoms with van der Waals surface area (Å²) in [6, 6.07) is 3.78. The molecule has 1 unspecified atom stereocenters. The maximum atomic E-state index is 13.8. The lowest BCUT2D eigenvalue weighted by Crippen LogP contribution is -2.35. The molecule has 1 aliphatic carbocycles. The SMILES string of the molecule is CC(C)C(NC(=O)Nc1cnc(N)nc1)c1oc2ccc(F)cc2c1C1CC1. The Kier molecular flexibility index (Phi) is 4.62. The van der Waals surface area contributed by atoms with E-state index in [9.17, 15) is 9.18 Å². The standard InChI is InChI=1S/C20H22FN5O2/c1-10(2)17(26-20(27)25-13-8-23-19(22)24-9-13)18-16(11-3-4-11)14-7-12(21)5-6-15(14)28-18/h5-11,17H,3-4H2,1-2H3,(H2,22,23,24)(H2,25,26,27). The quantitative estimate of drug-likeness (QED) is 0.608. The van der Waals surface area contributed by atoms with Crippen LogP contribution >= 0.6 is 0 Å². The van der Waals surface area contributed by atoms with E-state index in [0.29, 0.717) is 22.9 Å². The van der Waals surface area contributed by atoms with E-state index >= 15 is 0 Å². The van der Waals surface area contributed by atoms with Crippen LogP contribution in [-0.4, -0.2) is 16.0 Å². The smallest absolute Gasteiger partial charge is 0.319 e. The van der Waals surface area contributed by atoms with Gasteiger partial charge in [0.1, 0.15) is 17.2 Å². The van der Waals surface area contributed by atoms with Crippen molar-refractivity contribution >= 4 is 28.6 Å². The Hall–Kier alpha value is -3.16. The minimum absolute atomic E-state index is 0.0660. The van der Waals surface area contributed by atoms with Crippen LogP contribution in [0.2, 0.25) is 0 Å². The molecule has 1 fully saturated rings. The molecule has 0 spiro atoms. The van der Waals surface area contributed by atoms with E-state index in [1.165, 1.54) is 24.5 Å². The number of hydrogen-bond donors (Lipinski definition) is 3. The second-order valence-corrected chi connectivity index (χ2v) is 7.44. The summed E-state index contributed by atoms with van der Waals surface area (Å²) in [5.74, 6) is 0.944. The number of halogens is 1. The van der Waals surface area contributed by atoms with E-state index in [0.717, 1.165) is 23.8 Å². The Labute approximate surface area is 161 Å². The highest BCUT2D eigenvalue weighted by atomic mass is 19.1. The summed E-state index contributed by atoms with van der Waals surface area (Å²) in [6.07, 6.45) is 4.95. The number of benzene rings is 1. The Balaban J connectivity index is 1.63. The van der Waals surface area contributed by atoms with Crippen molar-refractivity contribution < 1.29 is 13.6 Å². The van der Waals surface area contributed by atoms with Gasteiger partial charge in [0, 0.05) is 10.9 Å². The summed E-state index contributed by atoms with van der Waals surface area (Å²) in [5, 5.41) is 6.46. The lowest BCUT2D eigenvalue weighted by Gasteiger charge is -2.22. The maximum absolute atomic E-state index is 13.8. The van der Waals surface area contributed by atoms with E-state index in [1.807, 2.05) is 13.8 Å². The molecule has 1 aromatic carbocycles. The van der Waals surface area contributed by atoms with Gasteiger partial charge in [0.25, 0.3) is 0 Å². The second-order valence-electron chi connectivity index (χ2n) is 7.44. The molecule has 2 aromatic heterocycles. The van der Waals surface area contributed by atoms with Crippen LogP contribution < -0.4 is 16.4 Å². The maximum Gasteiger partial charge on any atom is 0.319 e. The van der Waals surface area contributed by atoms with Gasteiger partial charge in [0.15, 0.2) is 0 Å². The first-order chi connectivity index (χ1) is 13.4. The van der Waals surface area contributed by atoms with Gasteiger partial charge < -0.3 is 20.8 Å². The lowest BCUT2D eigenvalue weighted by molar-refractivity contribution is 0.241. The van der Waals surface area contributed by atoms with Crippen LogP contribution in [0.1, 0.15) is 50.0 Å². The predicted octanol–water partition coefficient (Wildman–Crippen LogP) is 4.34. The topological polar surface area (TPSA) is 106 Å². The third-order valence-electron chi connectivity index (χ3n) is 4.87. The normalized spacial score (nSPS) is 15.0. The van der Waals surface area contributed by atoms with Crippen molar-refractivity contribution in [2.45, 2.75) is 38.6 Å². The van der Waals surface area contributed by atoms with Crippen molar-refractivity contribution in [2.24, 2.45) is 5.92 Å². The lowest BCUT2D eigenvalue weighted by atomic mass is 9.95. The van der Waals surface area contributed by atoms with Crippen molar-refractivity contribution in [3.63, 3.8) is 0 Å². The molecule has 4 rings (SSSR count). The highest BCUT2D eigenvalue weighted by Gasteiger charge is 2.35. The molecule has 28 heavy (non-hydrogen) atoms. The zero-order chi connectivity index (χ0) is 19.8. The molecule has 3 aromatic rings. The number of carbonyl (C=O) groups excluding carboxylic acids is 1. The molecule has 146 valence electrons. The third-order valence-corrected chi connectivity index (χ3v) is 4.87. The molecule has 2 amide bonds. The van der Waals surface area contributed by atoms with Gasteiger partial charge in [-0.15, -0.1) is 0 Å². The van der Waals surface area contributed by atoms with Gasteiger partial charge in [0.2, 0.25) is 5.95 Å². The first kappa shape index (κ1) is 18.2. The number of rotatable bonds is 5. The van der Waals surface area contributed by atoms with Crippen LogP contribution in [-0.2, 0) is 0 Å². The number of nitrogens with one attached hydrogen (secondary N) is 2. The van der Waals surface area contributed by atoms with Crippen LogP contribution in [0.5, 0.6) is 0 Å². The summed E-state index contributed by atoms with van der Waals surface area (Å²) in [6.45, 7) is 4.00. The molecule has 8 heteroatoms. The van der Waals surface area contributed by atoms with Crippen LogP contribution in [0.3, 0.4) is 0 Å². The molecular weight excluding hydrogens is 361 g/mol. The van der Waals surface area contributed by atoms with Gasteiger partial charge in [-0.2, -0.15) is 0 Å². The molecule has 0 bridgehead atoms. The molecule has 0 saturated heterocycles. The number of nitrogen functional groups attached to an aromatic ring is 1. The number of hydrogen-bond acceptors (Lipinski definition) is 5. The van der Waals surface area contributed by atoms with Gasteiger partial charge in [-0.25, -0.2) is 19.2 Å². The third kappa shape index (κ3) is 3.62. The number of urea groups is 1. The molecule has 7 nitrogen and oxygen atoms in total. The van der Waals surface area contributed by atoms with Crippen LogP contribution in [0.15, 0.2) is 35.0 Å². The van der Waals surface area contributed by atoms with Crippen molar-refractivity contribution in [3.05, 3.63) is 47.7 Å². The Bertz CT molecular complexity index is 1010. The summed E-state index contributed by atoms with van der Waals surface area (Å²) >= 11 is 0. The molecule has 2 heterocycles. The fourth-order valence-corrected chi connectivity index (χ4v) is 3.38. The minimum Gasteiger partial charge on any atom is -0.459 e. The van der Waals surface area contributed by atoms with Crippen LogP contribution in [0.25, 0.3) is 11.0 Å². The average Bonchev–Trinajstić information content (AvgIpc) is 3.42. The molecule has 0 radical (unpaired) electrons. The van der Waals surface area contributed by atoms with Gasteiger partial charge in [-0.3, -0.25) is 0 Å². The minimum atomic E-state index is -0.402. The summed E-state index contributed by atoms with van der Waals surface area (Å²) in [4.78, 5) is 20.3. The molecule has 0 aliphatic heterocycles. The van der Waals surface area contributed by atoms with E-state index in [2.05, 4.69) is 20.6 Å². The Morgan fingerprint density at radius 2 is 2.00 bits per heavy atom. The molecular formula is C20H22FN5O2. The summed E-state index contributed by atoms with van der Waals surface area (Å²) in [5.41, 5.74) is 7.54. The number of amides is 2. The first-order valence-electron chi connectivity index (χ1n) is 9.29. The van der Waals surface area contributed by atoms with Gasteiger partial charge in [-0.1, -0.05) is 13.8 Å². The van der Waals surface area contributed by atoms with Crippen molar-refractivity contribution in [2.75, 3.05) is 11.1 Å². The number of furan rings is 1. The predicted molar refractivity (Wildman–Crippen MR) is 104 cm³/mol. The molecule has 1 aliphatic rings. The van der Waals surface area contributed by atoms with Crippen LogP contribution in [0, 0.1) is 11.7 Å². The van der Waals surface area contributed by atoms with Gasteiger partial charge >= 0.3 is 6.03 Å². The summed E-state index contributed by atoms with van der Waals surface area (Å²) in [7, 11) is 0. The van der Waals surface area contributed by atoms with Crippen molar-refractivity contribution in [3.8, 4) is 0 Å². The number of carbonyl (C=O) groups is 1. The highest BCUT2D eigenvalue weighted by molar-refractivity contribution is 5.89.